The Morgan fingerprint density at radius 2 is 1.83 bits per heavy atom. The van der Waals surface area contributed by atoms with Gasteiger partial charge in [-0.3, -0.25) is 4.79 Å². The second kappa shape index (κ2) is 10.3. The van der Waals surface area contributed by atoms with Crippen molar-refractivity contribution in [3.63, 3.8) is 0 Å². The Hall–Kier alpha value is -2.57. The van der Waals surface area contributed by atoms with Crippen molar-refractivity contribution in [3.8, 4) is 0 Å². The summed E-state index contributed by atoms with van der Waals surface area (Å²) < 4.78 is 10.5. The van der Waals surface area contributed by atoms with E-state index in [2.05, 4.69) is 16.4 Å². The van der Waals surface area contributed by atoms with Gasteiger partial charge in [0, 0.05) is 12.2 Å². The summed E-state index contributed by atoms with van der Waals surface area (Å²) in [4.78, 5) is 39.9. The molecule has 29 heavy (non-hydrogen) atoms. The largest absolute Gasteiger partial charge is 0.459 e. The van der Waals surface area contributed by atoms with Gasteiger partial charge in [-0.1, -0.05) is 11.6 Å². The van der Waals surface area contributed by atoms with Crippen LogP contribution in [0, 0.1) is 13.8 Å². The molecule has 1 heterocycles. The number of hydrogen-bond donors (Lipinski definition) is 2. The number of allylic oxidation sites excluding steroid dienone is 1. The van der Waals surface area contributed by atoms with E-state index in [0.29, 0.717) is 23.4 Å². The number of H-pyrrole nitrogens is 1. The van der Waals surface area contributed by atoms with Crippen LogP contribution in [0.25, 0.3) is 0 Å². The van der Waals surface area contributed by atoms with Crippen molar-refractivity contribution in [3.05, 3.63) is 34.2 Å². The molecule has 0 unspecified atom stereocenters. The number of rotatable bonds is 8. The van der Waals surface area contributed by atoms with E-state index in [9.17, 15) is 14.4 Å². The van der Waals surface area contributed by atoms with Crippen molar-refractivity contribution in [2.24, 2.45) is 0 Å². The molecule has 0 aromatic carbocycles. The van der Waals surface area contributed by atoms with Crippen LogP contribution in [0.1, 0.15) is 85.0 Å². The minimum absolute atomic E-state index is 0.158. The zero-order valence-corrected chi connectivity index (χ0v) is 18.0. The second-order valence-electron chi connectivity index (χ2n) is 7.78. The Bertz CT molecular complexity index is 791. The van der Waals surface area contributed by atoms with Gasteiger partial charge < -0.3 is 19.8 Å². The quantitative estimate of drug-likeness (QED) is 0.508. The van der Waals surface area contributed by atoms with Gasteiger partial charge in [-0.25, -0.2) is 9.59 Å². The van der Waals surface area contributed by atoms with Crippen LogP contribution >= 0.6 is 0 Å². The Labute approximate surface area is 172 Å². The van der Waals surface area contributed by atoms with Crippen LogP contribution in [-0.4, -0.2) is 41.6 Å². The Morgan fingerprint density at radius 3 is 2.45 bits per heavy atom. The third-order valence-corrected chi connectivity index (χ3v) is 4.97. The van der Waals surface area contributed by atoms with Crippen molar-refractivity contribution in [1.82, 2.24) is 10.3 Å². The number of amides is 1. The lowest BCUT2D eigenvalue weighted by Crippen LogP contribution is -2.36. The predicted octanol–water partition coefficient (Wildman–Crippen LogP) is 3.75. The number of aryl methyl sites for hydroxylation is 1. The van der Waals surface area contributed by atoms with Crippen LogP contribution in [0.2, 0.25) is 0 Å². The molecule has 7 nitrogen and oxygen atoms in total. The first-order chi connectivity index (χ1) is 13.7. The van der Waals surface area contributed by atoms with Crippen molar-refractivity contribution in [2.75, 3.05) is 6.54 Å². The maximum atomic E-state index is 12.5. The maximum Gasteiger partial charge on any atom is 0.355 e. The highest BCUT2D eigenvalue weighted by molar-refractivity contribution is 5.99. The molecule has 2 rings (SSSR count). The number of hydrogen-bond acceptors (Lipinski definition) is 5. The fourth-order valence-electron chi connectivity index (χ4n) is 3.43. The van der Waals surface area contributed by atoms with Crippen molar-refractivity contribution in [1.29, 1.82) is 0 Å². The van der Waals surface area contributed by atoms with Crippen molar-refractivity contribution < 1.29 is 23.9 Å². The van der Waals surface area contributed by atoms with Gasteiger partial charge in [0.25, 0.3) is 5.91 Å². The molecule has 1 atom stereocenters. The van der Waals surface area contributed by atoms with Crippen LogP contribution in [0.3, 0.4) is 0 Å². The SMILES string of the molecule is Cc1[nH]c(C(=O)O[C@H](C)C(=O)NCCC2=CCCCC2)c(C)c1C(=O)OC(C)C. The zero-order chi connectivity index (χ0) is 21.6. The summed E-state index contributed by atoms with van der Waals surface area (Å²) in [5.74, 6) is -1.50. The highest BCUT2D eigenvalue weighted by Crippen LogP contribution is 2.21. The molecule has 0 saturated carbocycles. The molecule has 0 radical (unpaired) electrons. The molecular weight excluding hydrogens is 372 g/mol. The molecule has 1 aromatic rings. The first-order valence-electron chi connectivity index (χ1n) is 10.3. The van der Waals surface area contributed by atoms with E-state index in [4.69, 9.17) is 9.47 Å². The summed E-state index contributed by atoms with van der Waals surface area (Å²) in [6, 6.07) is 0. The standard InChI is InChI=1S/C22H32N2O5/c1-13(2)28-21(26)18-14(3)19(24-15(18)4)22(27)29-16(5)20(25)23-12-11-17-9-7-6-8-10-17/h9,13,16,24H,6-8,10-12H2,1-5H3,(H,23,25)/t16-/m1/s1. The third kappa shape index (κ3) is 6.21. The molecular formula is C22H32N2O5. The van der Waals surface area contributed by atoms with Crippen molar-refractivity contribution >= 4 is 17.8 Å². The van der Waals surface area contributed by atoms with Gasteiger partial charge in [0.15, 0.2) is 6.10 Å². The normalized spacial score (nSPS) is 14.9. The molecule has 1 aliphatic carbocycles. The van der Waals surface area contributed by atoms with Crippen LogP contribution in [0.4, 0.5) is 0 Å². The zero-order valence-electron chi connectivity index (χ0n) is 18.0. The lowest BCUT2D eigenvalue weighted by Gasteiger charge is -2.15. The fourth-order valence-corrected chi connectivity index (χ4v) is 3.43. The minimum atomic E-state index is -0.933. The van der Waals surface area contributed by atoms with Crippen LogP contribution < -0.4 is 5.32 Å². The Kier molecular flexibility index (Phi) is 8.05. The molecule has 0 saturated heterocycles. The average Bonchev–Trinajstić information content (AvgIpc) is 2.96. The molecule has 0 spiro atoms. The minimum Gasteiger partial charge on any atom is -0.459 e. The first kappa shape index (κ1) is 22.7. The third-order valence-electron chi connectivity index (χ3n) is 4.97. The van der Waals surface area contributed by atoms with Gasteiger partial charge in [-0.2, -0.15) is 0 Å². The summed E-state index contributed by atoms with van der Waals surface area (Å²) in [5.41, 5.74) is 2.83. The topological polar surface area (TPSA) is 97.5 Å². The smallest absolute Gasteiger partial charge is 0.355 e. The summed E-state index contributed by atoms with van der Waals surface area (Å²) >= 11 is 0. The number of aromatic nitrogens is 1. The number of nitrogens with one attached hydrogen (secondary N) is 2. The van der Waals surface area contributed by atoms with E-state index < -0.39 is 18.0 Å². The molecule has 1 aliphatic rings. The van der Waals surface area contributed by atoms with Crippen LogP contribution in [0.15, 0.2) is 11.6 Å². The molecule has 0 aliphatic heterocycles. The van der Waals surface area contributed by atoms with Gasteiger partial charge in [0.2, 0.25) is 0 Å². The summed E-state index contributed by atoms with van der Waals surface area (Å²) in [5, 5.41) is 2.82. The van der Waals surface area contributed by atoms with Crippen LogP contribution in [0.5, 0.6) is 0 Å². The monoisotopic (exact) mass is 404 g/mol. The first-order valence-corrected chi connectivity index (χ1v) is 10.3. The van der Waals surface area contributed by atoms with Gasteiger partial charge in [0.05, 0.1) is 11.7 Å². The second-order valence-corrected chi connectivity index (χ2v) is 7.78. The molecule has 2 N–H and O–H groups in total. The van der Waals surface area contributed by atoms with E-state index in [1.54, 1.807) is 27.7 Å². The van der Waals surface area contributed by atoms with Gasteiger partial charge in [-0.15, -0.1) is 0 Å². The van der Waals surface area contributed by atoms with E-state index in [-0.39, 0.29) is 17.7 Å². The Morgan fingerprint density at radius 1 is 1.10 bits per heavy atom. The highest BCUT2D eigenvalue weighted by atomic mass is 16.6. The van der Waals surface area contributed by atoms with Crippen molar-refractivity contribution in [2.45, 2.75) is 78.9 Å². The molecule has 0 bridgehead atoms. The van der Waals surface area contributed by atoms with Gasteiger partial charge >= 0.3 is 11.9 Å². The Balaban J connectivity index is 1.92. The number of ether oxygens (including phenoxy) is 2. The average molecular weight is 405 g/mol. The highest BCUT2D eigenvalue weighted by Gasteiger charge is 2.26. The molecule has 7 heteroatoms. The number of aromatic amines is 1. The molecule has 1 amide bonds. The number of carbonyl (C=O) groups is 3. The predicted molar refractivity (Wildman–Crippen MR) is 110 cm³/mol. The lowest BCUT2D eigenvalue weighted by atomic mass is 9.97. The molecule has 1 aromatic heterocycles. The maximum absolute atomic E-state index is 12.5. The van der Waals surface area contributed by atoms with E-state index in [0.717, 1.165) is 19.3 Å². The number of esters is 2. The number of carbonyl (C=O) groups excluding carboxylic acids is 3. The van der Waals surface area contributed by atoms with E-state index in [1.807, 2.05) is 0 Å². The fraction of sp³-hybridized carbons (Fsp3) is 0.591. The molecule has 0 fully saturated rings. The van der Waals surface area contributed by atoms with Gasteiger partial charge in [0.1, 0.15) is 5.69 Å². The van der Waals surface area contributed by atoms with Crippen LogP contribution in [-0.2, 0) is 14.3 Å². The summed E-state index contributed by atoms with van der Waals surface area (Å²) in [6.07, 6.45) is 6.51. The lowest BCUT2D eigenvalue weighted by molar-refractivity contribution is -0.129. The summed E-state index contributed by atoms with van der Waals surface area (Å²) in [7, 11) is 0. The van der Waals surface area contributed by atoms with E-state index >= 15 is 0 Å². The molecule has 160 valence electrons. The summed E-state index contributed by atoms with van der Waals surface area (Å²) in [6.45, 7) is 8.92. The van der Waals surface area contributed by atoms with E-state index in [1.165, 1.54) is 25.3 Å². The van der Waals surface area contributed by atoms with Gasteiger partial charge in [-0.05, 0) is 72.3 Å².